The Morgan fingerprint density at radius 3 is 1.62 bits per heavy atom. The van der Waals surface area contributed by atoms with Crippen LogP contribution in [0.5, 0.6) is 0 Å². The van der Waals surface area contributed by atoms with Crippen molar-refractivity contribution in [3.05, 3.63) is 70.8 Å². The minimum absolute atomic E-state index is 0. The number of likely N-dealkylation sites (tertiary alicyclic amines) is 2. The molecule has 2 saturated heterocycles. The first-order valence-electron chi connectivity index (χ1n) is 12.4. The van der Waals surface area contributed by atoms with Crippen LogP contribution in [0.2, 0.25) is 0 Å². The normalized spacial score (nSPS) is 18.0. The Hall–Kier alpha value is -1.68. The fraction of sp³-hybridized carbons (Fsp3) is 0.519. The lowest BCUT2D eigenvalue weighted by atomic mass is 10.1. The van der Waals surface area contributed by atoms with Gasteiger partial charge in [0.25, 0.3) is 0 Å². The smallest absolute Gasteiger partial charge is 0.191 e. The van der Waals surface area contributed by atoms with Crippen LogP contribution in [0.25, 0.3) is 0 Å². The summed E-state index contributed by atoms with van der Waals surface area (Å²) in [4.78, 5) is 9.32. The maximum atomic E-state index is 9.67. The maximum absolute atomic E-state index is 9.67. The molecule has 0 aromatic heterocycles. The monoisotopic (exact) mass is 577 g/mol. The third kappa shape index (κ3) is 8.52. The molecule has 0 saturated carbocycles. The van der Waals surface area contributed by atoms with E-state index in [1.54, 1.807) is 0 Å². The van der Waals surface area contributed by atoms with Crippen molar-refractivity contribution in [1.82, 2.24) is 20.4 Å². The molecule has 0 spiro atoms. The Morgan fingerprint density at radius 2 is 1.18 bits per heavy atom. The van der Waals surface area contributed by atoms with Gasteiger partial charge < -0.3 is 15.7 Å². The number of piperidine rings is 1. The van der Waals surface area contributed by atoms with Crippen LogP contribution >= 0.6 is 24.0 Å². The minimum Gasteiger partial charge on any atom is -0.393 e. The number of aliphatic hydroxyl groups is 1. The van der Waals surface area contributed by atoms with Gasteiger partial charge in [0.15, 0.2) is 5.96 Å². The van der Waals surface area contributed by atoms with Crippen molar-refractivity contribution in [2.75, 3.05) is 33.2 Å². The second-order valence-electron chi connectivity index (χ2n) is 9.40. The van der Waals surface area contributed by atoms with Gasteiger partial charge in [-0.05, 0) is 61.0 Å². The molecule has 0 aliphatic carbocycles. The van der Waals surface area contributed by atoms with Gasteiger partial charge >= 0.3 is 0 Å². The highest BCUT2D eigenvalue weighted by molar-refractivity contribution is 14.0. The first kappa shape index (κ1) is 26.9. The Balaban J connectivity index is 0.00000324. The molecule has 2 fully saturated rings. The Bertz CT molecular complexity index is 873. The SMILES string of the molecule is CN=C(NCc1ccc(CN2CCCC2)cc1)NCc1ccc(CN2CCC(O)CC2)cc1.I. The fourth-order valence-corrected chi connectivity index (χ4v) is 4.65. The highest BCUT2D eigenvalue weighted by atomic mass is 127. The average molecular weight is 578 g/mol. The lowest BCUT2D eigenvalue weighted by Crippen LogP contribution is -2.36. The second kappa shape index (κ2) is 14.0. The number of hydrogen-bond acceptors (Lipinski definition) is 4. The van der Waals surface area contributed by atoms with Crippen LogP contribution in [0.4, 0.5) is 0 Å². The van der Waals surface area contributed by atoms with E-state index in [1.807, 2.05) is 7.05 Å². The minimum atomic E-state index is -0.114. The lowest BCUT2D eigenvalue weighted by Gasteiger charge is -2.29. The maximum Gasteiger partial charge on any atom is 0.191 e. The Morgan fingerprint density at radius 1 is 0.765 bits per heavy atom. The first-order valence-corrected chi connectivity index (χ1v) is 12.4. The van der Waals surface area contributed by atoms with E-state index in [0.29, 0.717) is 0 Å². The molecule has 0 atom stereocenters. The number of aliphatic hydroxyl groups excluding tert-OH is 1. The zero-order valence-electron chi connectivity index (χ0n) is 20.4. The van der Waals surface area contributed by atoms with Crippen molar-refractivity contribution in [1.29, 1.82) is 0 Å². The highest BCUT2D eigenvalue weighted by Crippen LogP contribution is 2.15. The summed E-state index contributed by atoms with van der Waals surface area (Å²) in [7, 11) is 1.81. The third-order valence-electron chi connectivity index (χ3n) is 6.76. The van der Waals surface area contributed by atoms with Gasteiger partial charge in [0.05, 0.1) is 6.10 Å². The molecule has 0 radical (unpaired) electrons. The predicted octanol–water partition coefficient (Wildman–Crippen LogP) is 3.72. The summed E-state index contributed by atoms with van der Waals surface area (Å²) in [6.07, 6.45) is 4.33. The Kier molecular flexibility index (Phi) is 11.1. The van der Waals surface area contributed by atoms with Gasteiger partial charge in [-0.2, -0.15) is 0 Å². The van der Waals surface area contributed by atoms with E-state index < -0.39 is 0 Å². The molecule has 2 aromatic rings. The number of aliphatic imine (C=N–C) groups is 1. The van der Waals surface area contributed by atoms with Crippen LogP contribution in [-0.4, -0.2) is 60.2 Å². The summed E-state index contributed by atoms with van der Waals surface area (Å²) in [6.45, 7) is 7.95. The van der Waals surface area contributed by atoms with E-state index in [2.05, 4.69) is 74.0 Å². The number of benzene rings is 2. The van der Waals surface area contributed by atoms with Crippen molar-refractivity contribution < 1.29 is 5.11 Å². The van der Waals surface area contributed by atoms with E-state index in [4.69, 9.17) is 0 Å². The molecular weight excluding hydrogens is 537 g/mol. The molecule has 0 amide bonds. The van der Waals surface area contributed by atoms with E-state index in [1.165, 1.54) is 48.2 Å². The third-order valence-corrected chi connectivity index (χ3v) is 6.76. The predicted molar refractivity (Wildman–Crippen MR) is 150 cm³/mol. The molecule has 4 rings (SSSR count). The van der Waals surface area contributed by atoms with Crippen molar-refractivity contribution >= 4 is 29.9 Å². The van der Waals surface area contributed by atoms with Crippen LogP contribution in [0.1, 0.15) is 47.9 Å². The van der Waals surface area contributed by atoms with Crippen LogP contribution in [0.3, 0.4) is 0 Å². The molecule has 0 unspecified atom stereocenters. The summed E-state index contributed by atoms with van der Waals surface area (Å²) in [5.74, 6) is 0.812. The van der Waals surface area contributed by atoms with E-state index in [-0.39, 0.29) is 30.1 Å². The van der Waals surface area contributed by atoms with Crippen LogP contribution in [0.15, 0.2) is 53.5 Å². The number of nitrogens with one attached hydrogen (secondary N) is 2. The number of halogens is 1. The van der Waals surface area contributed by atoms with E-state index >= 15 is 0 Å². The zero-order chi connectivity index (χ0) is 22.9. The molecule has 2 aliphatic rings. The molecule has 3 N–H and O–H groups in total. The van der Waals surface area contributed by atoms with Gasteiger partial charge in [0.2, 0.25) is 0 Å². The standard InChI is InChI=1S/C27H39N5O.HI/c1-28-27(29-18-22-4-8-24(9-5-22)20-31-14-2-3-15-31)30-19-23-6-10-25(11-7-23)21-32-16-12-26(33)13-17-32;/h4-11,26,33H,2-3,12-21H2,1H3,(H2,28,29,30);1H. The van der Waals surface area contributed by atoms with Gasteiger partial charge in [0, 0.05) is 46.3 Å². The van der Waals surface area contributed by atoms with Gasteiger partial charge in [-0.1, -0.05) is 48.5 Å². The highest BCUT2D eigenvalue weighted by Gasteiger charge is 2.16. The number of rotatable bonds is 8. The lowest BCUT2D eigenvalue weighted by molar-refractivity contribution is 0.0792. The molecule has 2 heterocycles. The van der Waals surface area contributed by atoms with Gasteiger partial charge in [-0.25, -0.2) is 0 Å². The summed E-state index contributed by atoms with van der Waals surface area (Å²) in [5.41, 5.74) is 5.22. The molecule has 2 aromatic carbocycles. The largest absolute Gasteiger partial charge is 0.393 e. The first-order chi connectivity index (χ1) is 16.2. The van der Waals surface area contributed by atoms with Gasteiger partial charge in [0.1, 0.15) is 0 Å². The molecule has 2 aliphatic heterocycles. The summed E-state index contributed by atoms with van der Waals surface area (Å²) in [6, 6.07) is 17.7. The number of hydrogen-bond donors (Lipinski definition) is 3. The molecule has 186 valence electrons. The van der Waals surface area contributed by atoms with Crippen LogP contribution in [-0.2, 0) is 26.2 Å². The second-order valence-corrected chi connectivity index (χ2v) is 9.40. The van der Waals surface area contributed by atoms with Gasteiger partial charge in [-0.15, -0.1) is 24.0 Å². The molecule has 7 heteroatoms. The fourth-order valence-electron chi connectivity index (χ4n) is 4.65. The summed E-state index contributed by atoms with van der Waals surface area (Å²) >= 11 is 0. The van der Waals surface area contributed by atoms with Crippen molar-refractivity contribution in [2.45, 2.75) is 58.0 Å². The summed E-state index contributed by atoms with van der Waals surface area (Å²) < 4.78 is 0. The molecule has 34 heavy (non-hydrogen) atoms. The van der Waals surface area contributed by atoms with Crippen molar-refractivity contribution in [3.8, 4) is 0 Å². The molecule has 6 nitrogen and oxygen atoms in total. The Labute approximate surface area is 221 Å². The average Bonchev–Trinajstić information content (AvgIpc) is 3.36. The van der Waals surface area contributed by atoms with Crippen LogP contribution in [0, 0.1) is 0 Å². The topological polar surface area (TPSA) is 63.1 Å². The summed E-state index contributed by atoms with van der Waals surface area (Å²) in [5, 5.41) is 16.5. The van der Waals surface area contributed by atoms with Crippen molar-refractivity contribution in [3.63, 3.8) is 0 Å². The van der Waals surface area contributed by atoms with Crippen molar-refractivity contribution in [2.24, 2.45) is 4.99 Å². The van der Waals surface area contributed by atoms with Gasteiger partial charge in [-0.3, -0.25) is 14.8 Å². The quantitative estimate of drug-likeness (QED) is 0.254. The van der Waals surface area contributed by atoms with E-state index in [9.17, 15) is 5.11 Å². The molecular formula is C27H40IN5O. The number of guanidine groups is 1. The van der Waals surface area contributed by atoms with E-state index in [0.717, 1.165) is 58.1 Å². The number of nitrogens with zero attached hydrogens (tertiary/aromatic N) is 3. The van der Waals surface area contributed by atoms with Crippen LogP contribution < -0.4 is 10.6 Å². The molecule has 0 bridgehead atoms. The zero-order valence-corrected chi connectivity index (χ0v) is 22.7.